The van der Waals surface area contributed by atoms with E-state index in [9.17, 15) is 4.79 Å². The van der Waals surface area contributed by atoms with E-state index < -0.39 is 5.60 Å². The molecule has 4 nitrogen and oxygen atoms in total. The predicted molar refractivity (Wildman–Crippen MR) is 88.9 cm³/mol. The molecule has 0 radical (unpaired) electrons. The summed E-state index contributed by atoms with van der Waals surface area (Å²) in [5, 5.41) is 4.36. The SMILES string of the molecule is CC1SCCC1NCC1CCCCN1C(=O)OC(C)(C)C. The Morgan fingerprint density at radius 2 is 2.10 bits per heavy atom. The van der Waals surface area contributed by atoms with Crippen molar-refractivity contribution in [3.63, 3.8) is 0 Å². The van der Waals surface area contributed by atoms with Gasteiger partial charge in [0.15, 0.2) is 0 Å². The molecule has 0 spiro atoms. The number of carbonyl (C=O) groups excluding carboxylic acids is 1. The van der Waals surface area contributed by atoms with Crippen molar-refractivity contribution < 1.29 is 9.53 Å². The van der Waals surface area contributed by atoms with E-state index in [0.29, 0.717) is 11.3 Å². The van der Waals surface area contributed by atoms with Crippen molar-refractivity contribution >= 4 is 17.9 Å². The molecular weight excluding hydrogens is 284 g/mol. The van der Waals surface area contributed by atoms with Crippen molar-refractivity contribution in [2.45, 2.75) is 76.3 Å². The smallest absolute Gasteiger partial charge is 0.410 e. The van der Waals surface area contributed by atoms with E-state index in [1.165, 1.54) is 18.6 Å². The molecule has 2 heterocycles. The van der Waals surface area contributed by atoms with Crippen LogP contribution in [0.3, 0.4) is 0 Å². The predicted octanol–water partition coefficient (Wildman–Crippen LogP) is 3.26. The zero-order chi connectivity index (χ0) is 15.5. The number of thioether (sulfide) groups is 1. The van der Waals surface area contributed by atoms with Crippen LogP contribution in [-0.2, 0) is 4.74 Å². The molecule has 122 valence electrons. The lowest BCUT2D eigenvalue weighted by Gasteiger charge is -2.37. The van der Waals surface area contributed by atoms with Gasteiger partial charge in [-0.25, -0.2) is 4.79 Å². The lowest BCUT2D eigenvalue weighted by Crippen LogP contribution is -2.51. The maximum Gasteiger partial charge on any atom is 0.410 e. The van der Waals surface area contributed by atoms with E-state index in [4.69, 9.17) is 4.74 Å². The number of amides is 1. The van der Waals surface area contributed by atoms with E-state index in [0.717, 1.165) is 25.9 Å². The summed E-state index contributed by atoms with van der Waals surface area (Å²) >= 11 is 2.04. The van der Waals surface area contributed by atoms with Gasteiger partial charge in [-0.05, 0) is 52.2 Å². The molecule has 3 unspecified atom stereocenters. The molecule has 2 aliphatic rings. The van der Waals surface area contributed by atoms with Gasteiger partial charge in [-0.2, -0.15) is 11.8 Å². The minimum Gasteiger partial charge on any atom is -0.444 e. The normalized spacial score (nSPS) is 30.5. The minimum atomic E-state index is -0.414. The monoisotopic (exact) mass is 314 g/mol. The fourth-order valence-corrected chi connectivity index (χ4v) is 4.29. The summed E-state index contributed by atoms with van der Waals surface area (Å²) in [6, 6.07) is 0.879. The molecule has 0 aliphatic carbocycles. The number of likely N-dealkylation sites (tertiary alicyclic amines) is 1. The molecule has 1 amide bonds. The minimum absolute atomic E-state index is 0.150. The average Bonchev–Trinajstić information content (AvgIpc) is 2.80. The lowest BCUT2D eigenvalue weighted by molar-refractivity contribution is 0.00968. The third-order valence-corrected chi connectivity index (χ3v) is 5.57. The van der Waals surface area contributed by atoms with E-state index in [-0.39, 0.29) is 12.1 Å². The molecule has 5 heteroatoms. The Kier molecular flexibility index (Phi) is 5.83. The van der Waals surface area contributed by atoms with E-state index in [1.54, 1.807) is 0 Å². The molecule has 21 heavy (non-hydrogen) atoms. The molecule has 2 fully saturated rings. The maximum absolute atomic E-state index is 12.4. The number of ether oxygens (including phenoxy) is 1. The summed E-state index contributed by atoms with van der Waals surface area (Å²) in [5.74, 6) is 1.25. The quantitative estimate of drug-likeness (QED) is 0.868. The van der Waals surface area contributed by atoms with Crippen LogP contribution >= 0.6 is 11.8 Å². The summed E-state index contributed by atoms with van der Waals surface area (Å²) in [6.07, 6.45) is 4.47. The Bertz CT molecular complexity index is 357. The van der Waals surface area contributed by atoms with Crippen LogP contribution in [-0.4, -0.2) is 52.8 Å². The van der Waals surface area contributed by atoms with Gasteiger partial charge in [0.2, 0.25) is 0 Å². The molecule has 2 aliphatic heterocycles. The molecule has 1 N–H and O–H groups in total. The molecule has 0 aromatic carbocycles. The van der Waals surface area contributed by atoms with Crippen molar-refractivity contribution in [2.24, 2.45) is 0 Å². The Balaban J connectivity index is 1.87. The second-order valence-corrected chi connectivity index (χ2v) is 8.69. The molecule has 2 saturated heterocycles. The van der Waals surface area contributed by atoms with E-state index >= 15 is 0 Å². The summed E-state index contributed by atoms with van der Waals surface area (Å²) in [7, 11) is 0. The highest BCUT2D eigenvalue weighted by Gasteiger charge is 2.31. The highest BCUT2D eigenvalue weighted by atomic mass is 32.2. The zero-order valence-corrected chi connectivity index (χ0v) is 14.7. The van der Waals surface area contributed by atoms with Crippen molar-refractivity contribution in [3.8, 4) is 0 Å². The standard InChI is InChI=1S/C16H30N2O2S/c1-12-14(8-10-21-12)17-11-13-7-5-6-9-18(13)15(19)20-16(2,3)4/h12-14,17H,5-11H2,1-4H3. The first-order valence-corrected chi connectivity index (χ1v) is 9.26. The highest BCUT2D eigenvalue weighted by molar-refractivity contribution is 8.00. The van der Waals surface area contributed by atoms with Crippen molar-refractivity contribution in [3.05, 3.63) is 0 Å². The maximum atomic E-state index is 12.4. The first-order valence-electron chi connectivity index (χ1n) is 8.21. The van der Waals surface area contributed by atoms with Crippen molar-refractivity contribution in [1.29, 1.82) is 0 Å². The van der Waals surface area contributed by atoms with Crippen LogP contribution in [0.5, 0.6) is 0 Å². The lowest BCUT2D eigenvalue weighted by atomic mass is 10.0. The van der Waals surface area contributed by atoms with Gasteiger partial charge in [-0.15, -0.1) is 0 Å². The molecule has 3 atom stereocenters. The molecule has 2 rings (SSSR count). The second kappa shape index (κ2) is 7.23. The summed E-state index contributed by atoms with van der Waals surface area (Å²) < 4.78 is 5.56. The molecule has 0 saturated carbocycles. The van der Waals surface area contributed by atoms with Gasteiger partial charge in [0.25, 0.3) is 0 Å². The van der Waals surface area contributed by atoms with Crippen LogP contribution < -0.4 is 5.32 Å². The van der Waals surface area contributed by atoms with Gasteiger partial charge in [-0.1, -0.05) is 6.92 Å². The number of hydrogen-bond donors (Lipinski definition) is 1. The number of hydrogen-bond acceptors (Lipinski definition) is 4. The molecular formula is C16H30N2O2S. The van der Waals surface area contributed by atoms with Crippen LogP contribution in [0.4, 0.5) is 4.79 Å². The van der Waals surface area contributed by atoms with Gasteiger partial charge in [0, 0.05) is 30.4 Å². The van der Waals surface area contributed by atoms with Gasteiger partial charge >= 0.3 is 6.09 Å². The van der Waals surface area contributed by atoms with Gasteiger partial charge < -0.3 is 15.0 Å². The first kappa shape index (κ1) is 16.9. The second-order valence-electron chi connectivity index (χ2n) is 7.20. The van der Waals surface area contributed by atoms with Gasteiger partial charge in [-0.3, -0.25) is 0 Å². The van der Waals surface area contributed by atoms with Crippen LogP contribution in [0.2, 0.25) is 0 Å². The number of nitrogens with zero attached hydrogens (tertiary/aromatic N) is 1. The van der Waals surface area contributed by atoms with E-state index in [2.05, 4.69) is 12.2 Å². The summed E-state index contributed by atoms with van der Waals surface area (Å²) in [5.41, 5.74) is -0.414. The Hall–Kier alpha value is -0.420. The third kappa shape index (κ3) is 5.06. The topological polar surface area (TPSA) is 41.6 Å². The van der Waals surface area contributed by atoms with Gasteiger partial charge in [0.05, 0.1) is 0 Å². The van der Waals surface area contributed by atoms with Crippen LogP contribution in [0.15, 0.2) is 0 Å². The average molecular weight is 314 g/mol. The van der Waals surface area contributed by atoms with Crippen molar-refractivity contribution in [2.75, 3.05) is 18.8 Å². The number of rotatable bonds is 3. The van der Waals surface area contributed by atoms with Crippen LogP contribution in [0, 0.1) is 0 Å². The Morgan fingerprint density at radius 1 is 1.33 bits per heavy atom. The van der Waals surface area contributed by atoms with E-state index in [1.807, 2.05) is 37.4 Å². The summed E-state index contributed by atoms with van der Waals surface area (Å²) in [6.45, 7) is 9.81. The first-order chi connectivity index (χ1) is 9.87. The number of carbonyl (C=O) groups is 1. The fourth-order valence-electron chi connectivity index (χ4n) is 3.06. The van der Waals surface area contributed by atoms with Gasteiger partial charge in [0.1, 0.15) is 5.60 Å². The summed E-state index contributed by atoms with van der Waals surface area (Å²) in [4.78, 5) is 14.3. The molecule has 0 bridgehead atoms. The van der Waals surface area contributed by atoms with Crippen molar-refractivity contribution in [1.82, 2.24) is 10.2 Å². The Labute approximate surface area is 133 Å². The Morgan fingerprint density at radius 3 is 2.71 bits per heavy atom. The third-order valence-electron chi connectivity index (χ3n) is 4.25. The molecule has 0 aromatic rings. The number of piperidine rings is 1. The zero-order valence-electron chi connectivity index (χ0n) is 13.9. The highest BCUT2D eigenvalue weighted by Crippen LogP contribution is 2.27. The van der Waals surface area contributed by atoms with Crippen LogP contribution in [0.25, 0.3) is 0 Å². The number of nitrogens with one attached hydrogen (secondary N) is 1. The fraction of sp³-hybridized carbons (Fsp3) is 0.938. The van der Waals surface area contributed by atoms with Crippen LogP contribution in [0.1, 0.15) is 53.4 Å². The molecule has 0 aromatic heterocycles. The largest absolute Gasteiger partial charge is 0.444 e.